The van der Waals surface area contributed by atoms with E-state index < -0.39 is 0 Å². The molecule has 0 saturated heterocycles. The van der Waals surface area contributed by atoms with Crippen molar-refractivity contribution in [2.45, 2.75) is 58.4 Å². The fourth-order valence-corrected chi connectivity index (χ4v) is 3.23. The summed E-state index contributed by atoms with van der Waals surface area (Å²) in [6.45, 7) is 5.75. The van der Waals surface area contributed by atoms with Gasteiger partial charge in [-0.15, -0.1) is 0 Å². The van der Waals surface area contributed by atoms with Crippen LogP contribution in [0.5, 0.6) is 0 Å². The Morgan fingerprint density at radius 3 is 2.67 bits per heavy atom. The van der Waals surface area contributed by atoms with Crippen LogP contribution in [0.15, 0.2) is 12.3 Å². The lowest BCUT2D eigenvalue weighted by Crippen LogP contribution is -2.38. The Hall–Kier alpha value is -0.830. The quantitative estimate of drug-likeness (QED) is 0.866. The number of nitrogens with one attached hydrogen (secondary N) is 1. The molecule has 1 aliphatic carbocycles. The lowest BCUT2D eigenvalue weighted by molar-refractivity contribution is 0.141. The second kappa shape index (κ2) is 5.87. The van der Waals surface area contributed by atoms with E-state index in [0.717, 1.165) is 6.54 Å². The van der Waals surface area contributed by atoms with E-state index in [0.29, 0.717) is 11.5 Å². The van der Waals surface area contributed by atoms with Crippen LogP contribution >= 0.6 is 0 Å². The molecule has 18 heavy (non-hydrogen) atoms. The first-order valence-corrected chi connectivity index (χ1v) is 7.38. The Morgan fingerprint density at radius 2 is 2.11 bits per heavy atom. The van der Waals surface area contributed by atoms with E-state index in [2.05, 4.69) is 36.5 Å². The van der Waals surface area contributed by atoms with Gasteiger partial charge in [-0.2, -0.15) is 5.10 Å². The minimum atomic E-state index is 0.377. The molecule has 0 aromatic carbocycles. The van der Waals surface area contributed by atoms with E-state index in [1.165, 1.54) is 44.2 Å². The lowest BCUT2D eigenvalue weighted by Gasteiger charge is -2.40. The largest absolute Gasteiger partial charge is 0.308 e. The lowest BCUT2D eigenvalue weighted by atomic mass is 9.69. The second-order valence-electron chi connectivity index (χ2n) is 6.02. The Morgan fingerprint density at radius 1 is 1.39 bits per heavy atom. The third kappa shape index (κ3) is 2.94. The van der Waals surface area contributed by atoms with Gasteiger partial charge in [-0.05, 0) is 37.3 Å². The average Bonchev–Trinajstić information content (AvgIpc) is 2.77. The standard InChI is InChI=1S/C15H27N3/c1-4-11-16-14(13-8-12-18(3)17-13)15(2)9-6-5-7-10-15/h8,12,14,16H,4-7,9-11H2,1-3H3. The number of hydrogen-bond donors (Lipinski definition) is 1. The van der Waals surface area contributed by atoms with Crippen molar-refractivity contribution in [1.29, 1.82) is 0 Å². The molecule has 0 spiro atoms. The molecule has 0 radical (unpaired) electrons. The monoisotopic (exact) mass is 249 g/mol. The summed E-state index contributed by atoms with van der Waals surface area (Å²) in [6, 6.07) is 2.59. The van der Waals surface area contributed by atoms with Crippen molar-refractivity contribution in [3.63, 3.8) is 0 Å². The predicted octanol–water partition coefficient (Wildman–Crippen LogP) is 3.43. The molecule has 102 valence electrons. The van der Waals surface area contributed by atoms with Gasteiger partial charge in [0.25, 0.3) is 0 Å². The molecular weight excluding hydrogens is 222 g/mol. The zero-order valence-electron chi connectivity index (χ0n) is 12.1. The van der Waals surface area contributed by atoms with E-state index in [1.807, 2.05) is 11.7 Å². The van der Waals surface area contributed by atoms with Crippen molar-refractivity contribution in [3.8, 4) is 0 Å². The molecule has 0 amide bonds. The zero-order chi connectivity index (χ0) is 13.0. The second-order valence-corrected chi connectivity index (χ2v) is 6.02. The summed E-state index contributed by atoms with van der Waals surface area (Å²) in [6.07, 6.45) is 10.0. The minimum Gasteiger partial charge on any atom is -0.308 e. The molecule has 2 rings (SSSR count). The van der Waals surface area contributed by atoms with Crippen molar-refractivity contribution in [2.24, 2.45) is 12.5 Å². The molecule has 1 fully saturated rings. The molecule has 1 heterocycles. The Bertz CT molecular complexity index is 364. The number of hydrogen-bond acceptors (Lipinski definition) is 2. The maximum absolute atomic E-state index is 4.64. The molecule has 0 aliphatic heterocycles. The van der Waals surface area contributed by atoms with Crippen molar-refractivity contribution >= 4 is 0 Å². The molecule has 3 nitrogen and oxygen atoms in total. The van der Waals surface area contributed by atoms with Crippen LogP contribution in [0.2, 0.25) is 0 Å². The van der Waals surface area contributed by atoms with Gasteiger partial charge >= 0.3 is 0 Å². The Labute approximate surface area is 111 Å². The van der Waals surface area contributed by atoms with E-state index in [9.17, 15) is 0 Å². The topological polar surface area (TPSA) is 29.9 Å². The van der Waals surface area contributed by atoms with Crippen molar-refractivity contribution in [3.05, 3.63) is 18.0 Å². The van der Waals surface area contributed by atoms with Crippen LogP contribution in [0.4, 0.5) is 0 Å². The SMILES string of the molecule is CCCNC(c1ccn(C)n1)C1(C)CCCCC1. The Kier molecular flexibility index (Phi) is 4.44. The van der Waals surface area contributed by atoms with Gasteiger partial charge in [-0.3, -0.25) is 4.68 Å². The number of aryl methyl sites for hydroxylation is 1. The van der Waals surface area contributed by atoms with Gasteiger partial charge < -0.3 is 5.32 Å². The summed E-state index contributed by atoms with van der Waals surface area (Å²) in [5.74, 6) is 0. The molecule has 1 atom stereocenters. The third-order valence-corrected chi connectivity index (χ3v) is 4.32. The molecule has 3 heteroatoms. The zero-order valence-corrected chi connectivity index (χ0v) is 12.1. The van der Waals surface area contributed by atoms with Crippen LogP contribution in [0.25, 0.3) is 0 Å². The highest BCUT2D eigenvalue weighted by Gasteiger charge is 2.37. The summed E-state index contributed by atoms with van der Waals surface area (Å²) in [7, 11) is 2.00. The van der Waals surface area contributed by atoms with Crippen LogP contribution in [0.3, 0.4) is 0 Å². The summed E-state index contributed by atoms with van der Waals surface area (Å²) in [4.78, 5) is 0. The van der Waals surface area contributed by atoms with E-state index in [1.54, 1.807) is 0 Å². The summed E-state index contributed by atoms with van der Waals surface area (Å²) in [5, 5.41) is 8.37. The van der Waals surface area contributed by atoms with Crippen LogP contribution in [0, 0.1) is 5.41 Å². The highest BCUT2D eigenvalue weighted by molar-refractivity contribution is 5.10. The van der Waals surface area contributed by atoms with E-state index in [-0.39, 0.29) is 0 Å². The maximum Gasteiger partial charge on any atom is 0.0799 e. The molecule has 1 aromatic rings. The third-order valence-electron chi connectivity index (χ3n) is 4.32. The highest BCUT2D eigenvalue weighted by Crippen LogP contribution is 2.45. The molecule has 0 bridgehead atoms. The first-order valence-electron chi connectivity index (χ1n) is 7.38. The van der Waals surface area contributed by atoms with Gasteiger partial charge in [-0.1, -0.05) is 33.1 Å². The van der Waals surface area contributed by atoms with Crippen molar-refractivity contribution in [1.82, 2.24) is 15.1 Å². The van der Waals surface area contributed by atoms with E-state index >= 15 is 0 Å². The van der Waals surface area contributed by atoms with Gasteiger partial charge in [0, 0.05) is 13.2 Å². The van der Waals surface area contributed by atoms with Gasteiger partial charge in [0.05, 0.1) is 11.7 Å². The van der Waals surface area contributed by atoms with Crippen molar-refractivity contribution in [2.75, 3.05) is 6.54 Å². The van der Waals surface area contributed by atoms with Gasteiger partial charge in [0.15, 0.2) is 0 Å². The predicted molar refractivity (Wildman–Crippen MR) is 75.4 cm³/mol. The Balaban J connectivity index is 2.18. The fourth-order valence-electron chi connectivity index (χ4n) is 3.23. The van der Waals surface area contributed by atoms with Crippen LogP contribution < -0.4 is 5.32 Å². The molecular formula is C15H27N3. The highest BCUT2D eigenvalue weighted by atomic mass is 15.3. The first-order chi connectivity index (χ1) is 8.65. The van der Waals surface area contributed by atoms with E-state index in [4.69, 9.17) is 0 Å². The molecule has 1 unspecified atom stereocenters. The summed E-state index contributed by atoms with van der Waals surface area (Å²) in [5.41, 5.74) is 1.59. The molecule has 1 aliphatic rings. The molecule has 1 N–H and O–H groups in total. The summed E-state index contributed by atoms with van der Waals surface area (Å²) < 4.78 is 1.92. The molecule has 1 saturated carbocycles. The summed E-state index contributed by atoms with van der Waals surface area (Å²) >= 11 is 0. The molecule has 1 aromatic heterocycles. The fraction of sp³-hybridized carbons (Fsp3) is 0.800. The van der Waals surface area contributed by atoms with Crippen LogP contribution in [-0.4, -0.2) is 16.3 Å². The van der Waals surface area contributed by atoms with Gasteiger partial charge in [-0.25, -0.2) is 0 Å². The first kappa shape index (κ1) is 13.6. The maximum atomic E-state index is 4.64. The number of nitrogens with zero attached hydrogens (tertiary/aromatic N) is 2. The number of rotatable bonds is 5. The average molecular weight is 249 g/mol. The van der Waals surface area contributed by atoms with Crippen LogP contribution in [0.1, 0.15) is 64.1 Å². The minimum absolute atomic E-state index is 0.377. The smallest absolute Gasteiger partial charge is 0.0799 e. The normalized spacial score (nSPS) is 20.8. The van der Waals surface area contributed by atoms with Crippen molar-refractivity contribution < 1.29 is 0 Å². The number of aromatic nitrogens is 2. The van der Waals surface area contributed by atoms with Gasteiger partial charge in [0.2, 0.25) is 0 Å². The van der Waals surface area contributed by atoms with Crippen LogP contribution in [-0.2, 0) is 7.05 Å². The van der Waals surface area contributed by atoms with Gasteiger partial charge in [0.1, 0.15) is 0 Å².